The van der Waals surface area contributed by atoms with Crippen molar-refractivity contribution >= 4 is 17.0 Å². The molecule has 10 nitrogen and oxygen atoms in total. The van der Waals surface area contributed by atoms with Crippen LogP contribution >= 0.6 is 0 Å². The predicted molar refractivity (Wildman–Crippen MR) is 165 cm³/mol. The van der Waals surface area contributed by atoms with E-state index in [-0.39, 0.29) is 17.9 Å². The van der Waals surface area contributed by atoms with Gasteiger partial charge in [0.15, 0.2) is 0 Å². The molecule has 0 saturated heterocycles. The minimum Gasteiger partial charge on any atom is -0.508 e. The van der Waals surface area contributed by atoms with E-state index in [4.69, 9.17) is 9.72 Å². The number of nitrogens with one attached hydrogen (secondary N) is 1. The molecular formula is C34H30N6O4. The van der Waals surface area contributed by atoms with Crippen molar-refractivity contribution in [2.24, 2.45) is 0 Å². The lowest BCUT2D eigenvalue weighted by atomic mass is 9.95. The number of tetrazole rings is 1. The predicted octanol–water partition coefficient (Wildman–Crippen LogP) is 7.04. The van der Waals surface area contributed by atoms with Crippen LogP contribution in [0.4, 0.5) is 0 Å². The largest absolute Gasteiger partial charge is 0.508 e. The molecule has 220 valence electrons. The number of aromatic carboxylic acids is 1. The lowest BCUT2D eigenvalue weighted by molar-refractivity contribution is 0.0696. The first-order valence-electron chi connectivity index (χ1n) is 14.7. The van der Waals surface area contributed by atoms with E-state index in [1.807, 2.05) is 42.5 Å². The molecule has 2 aromatic heterocycles. The van der Waals surface area contributed by atoms with Gasteiger partial charge in [-0.3, -0.25) is 0 Å². The highest BCUT2D eigenvalue weighted by Crippen LogP contribution is 2.37. The van der Waals surface area contributed by atoms with Gasteiger partial charge in [-0.05, 0) is 101 Å². The second kappa shape index (κ2) is 11.6. The zero-order chi connectivity index (χ0) is 30.0. The molecule has 0 aliphatic heterocycles. The summed E-state index contributed by atoms with van der Waals surface area (Å²) in [6.07, 6.45) is 5.89. The zero-order valence-corrected chi connectivity index (χ0v) is 23.8. The Kier molecular flexibility index (Phi) is 7.23. The number of hydrogen-bond donors (Lipinski definition) is 3. The molecular weight excluding hydrogens is 556 g/mol. The zero-order valence-electron chi connectivity index (χ0n) is 23.8. The quantitative estimate of drug-likeness (QED) is 0.173. The highest BCUT2D eigenvalue weighted by molar-refractivity contribution is 5.89. The van der Waals surface area contributed by atoms with Crippen molar-refractivity contribution in [1.82, 2.24) is 30.2 Å². The molecule has 6 aromatic rings. The third-order valence-corrected chi connectivity index (χ3v) is 8.25. The van der Waals surface area contributed by atoms with Gasteiger partial charge in [0.25, 0.3) is 0 Å². The van der Waals surface area contributed by atoms with Crippen molar-refractivity contribution < 1.29 is 19.7 Å². The summed E-state index contributed by atoms with van der Waals surface area (Å²) in [4.78, 5) is 16.8. The summed E-state index contributed by atoms with van der Waals surface area (Å²) in [5, 5.41) is 34.0. The molecule has 0 radical (unpaired) electrons. The number of phenolic OH excluding ortho intramolecular Hbond substituents is 1. The average Bonchev–Trinajstić information content (AvgIpc) is 3.73. The lowest BCUT2D eigenvalue weighted by Gasteiger charge is -2.25. The number of carbonyl (C=O) groups is 1. The fourth-order valence-corrected chi connectivity index (χ4v) is 6.10. The molecule has 7 rings (SSSR count). The molecule has 1 fully saturated rings. The van der Waals surface area contributed by atoms with Crippen LogP contribution < -0.4 is 4.74 Å². The van der Waals surface area contributed by atoms with Gasteiger partial charge in [-0.1, -0.05) is 37.5 Å². The number of carboxylic acids is 1. The first kappa shape index (κ1) is 27.3. The number of carboxylic acid groups (broad SMARTS) is 1. The van der Waals surface area contributed by atoms with Crippen molar-refractivity contribution in [3.05, 3.63) is 96.1 Å². The van der Waals surface area contributed by atoms with Gasteiger partial charge in [-0.2, -0.15) is 5.21 Å². The molecule has 10 heteroatoms. The van der Waals surface area contributed by atoms with E-state index in [0.29, 0.717) is 23.2 Å². The molecule has 0 spiro atoms. The van der Waals surface area contributed by atoms with E-state index in [0.717, 1.165) is 52.0 Å². The van der Waals surface area contributed by atoms with Gasteiger partial charge in [0, 0.05) is 17.2 Å². The number of H-pyrrole nitrogens is 1. The fraction of sp³-hybridized carbons (Fsp3) is 0.206. The van der Waals surface area contributed by atoms with Crippen LogP contribution in [0.15, 0.2) is 84.9 Å². The maximum atomic E-state index is 11.7. The van der Waals surface area contributed by atoms with Crippen LogP contribution in [0.5, 0.6) is 11.5 Å². The van der Waals surface area contributed by atoms with Crippen LogP contribution in [-0.4, -0.2) is 46.4 Å². The van der Waals surface area contributed by atoms with E-state index >= 15 is 0 Å². The average molecular weight is 587 g/mol. The van der Waals surface area contributed by atoms with Gasteiger partial charge in [0.2, 0.25) is 5.82 Å². The number of phenols is 1. The monoisotopic (exact) mass is 586 g/mol. The standard InChI is InChI=1S/C34H30N6O4/c41-27-8-4-5-22(18-27)29-15-11-24(34(42)43)17-25(29)20-44-28-13-9-21(10-14-28)33-35-30-19-23(32-36-38-39-37-32)12-16-31(30)40(33)26-6-2-1-3-7-26/h4-5,8-19,26,41H,1-3,6-7,20H2,(H,42,43)(H,36,37,38,39). The number of aromatic nitrogens is 6. The summed E-state index contributed by atoms with van der Waals surface area (Å²) in [6, 6.07) is 26.2. The van der Waals surface area contributed by atoms with Crippen molar-refractivity contribution in [1.29, 1.82) is 0 Å². The number of aromatic hydroxyl groups is 1. The Labute approximate surface area is 253 Å². The summed E-state index contributed by atoms with van der Waals surface area (Å²) in [5.74, 6) is 1.21. The van der Waals surface area contributed by atoms with E-state index in [2.05, 4.69) is 31.3 Å². The van der Waals surface area contributed by atoms with Crippen molar-refractivity contribution in [2.75, 3.05) is 0 Å². The number of fused-ring (bicyclic) bond motifs is 1. The van der Waals surface area contributed by atoms with Crippen LogP contribution in [0.1, 0.15) is 54.1 Å². The number of ether oxygens (including phenoxy) is 1. The molecule has 1 aliphatic rings. The Morgan fingerprint density at radius 1 is 0.909 bits per heavy atom. The van der Waals surface area contributed by atoms with Crippen LogP contribution in [0.3, 0.4) is 0 Å². The molecule has 3 N–H and O–H groups in total. The normalized spacial score (nSPS) is 13.7. The smallest absolute Gasteiger partial charge is 0.335 e. The minimum absolute atomic E-state index is 0.137. The van der Waals surface area contributed by atoms with Gasteiger partial charge in [-0.25, -0.2) is 9.78 Å². The summed E-state index contributed by atoms with van der Waals surface area (Å²) in [5.41, 5.74) is 6.25. The Morgan fingerprint density at radius 2 is 1.73 bits per heavy atom. The molecule has 44 heavy (non-hydrogen) atoms. The van der Waals surface area contributed by atoms with Crippen molar-refractivity contribution in [3.63, 3.8) is 0 Å². The van der Waals surface area contributed by atoms with Gasteiger partial charge in [-0.15, -0.1) is 10.2 Å². The Bertz CT molecular complexity index is 1940. The minimum atomic E-state index is -1.01. The highest BCUT2D eigenvalue weighted by atomic mass is 16.5. The number of hydrogen-bond acceptors (Lipinski definition) is 7. The molecule has 4 aromatic carbocycles. The Balaban J connectivity index is 1.19. The number of aromatic amines is 1. The van der Waals surface area contributed by atoms with Gasteiger partial charge in [0.05, 0.1) is 16.6 Å². The van der Waals surface area contributed by atoms with E-state index in [1.54, 1.807) is 36.4 Å². The molecule has 0 atom stereocenters. The van der Waals surface area contributed by atoms with Crippen LogP contribution in [0, 0.1) is 0 Å². The van der Waals surface area contributed by atoms with Crippen molar-refractivity contribution in [3.8, 4) is 45.4 Å². The van der Waals surface area contributed by atoms with Crippen molar-refractivity contribution in [2.45, 2.75) is 44.8 Å². The van der Waals surface area contributed by atoms with Gasteiger partial charge in [0.1, 0.15) is 23.9 Å². The van der Waals surface area contributed by atoms with E-state index in [1.165, 1.54) is 19.3 Å². The third-order valence-electron chi connectivity index (χ3n) is 8.25. The SMILES string of the molecule is O=C(O)c1ccc(-c2cccc(O)c2)c(COc2ccc(-c3nc4cc(-c5nn[nH]n5)ccc4n3C3CCCCC3)cc2)c1. The summed E-state index contributed by atoms with van der Waals surface area (Å²) in [7, 11) is 0. The second-order valence-electron chi connectivity index (χ2n) is 11.1. The number of imidazole rings is 1. The number of rotatable bonds is 8. The van der Waals surface area contributed by atoms with Crippen LogP contribution in [0.25, 0.3) is 44.9 Å². The number of nitrogens with zero attached hydrogens (tertiary/aromatic N) is 5. The number of benzene rings is 4. The third kappa shape index (κ3) is 5.37. The first-order chi connectivity index (χ1) is 21.5. The molecule has 0 bridgehead atoms. The molecule has 0 unspecified atom stereocenters. The second-order valence-corrected chi connectivity index (χ2v) is 11.1. The Hall–Kier alpha value is -5.51. The fourth-order valence-electron chi connectivity index (χ4n) is 6.10. The Morgan fingerprint density at radius 3 is 2.48 bits per heavy atom. The molecule has 0 amide bonds. The van der Waals surface area contributed by atoms with Crippen LogP contribution in [-0.2, 0) is 6.61 Å². The first-order valence-corrected chi connectivity index (χ1v) is 14.7. The molecule has 2 heterocycles. The van der Waals surface area contributed by atoms with Gasteiger partial charge >= 0.3 is 5.97 Å². The van der Waals surface area contributed by atoms with Crippen LogP contribution in [0.2, 0.25) is 0 Å². The molecule has 1 aliphatic carbocycles. The summed E-state index contributed by atoms with van der Waals surface area (Å²) in [6.45, 7) is 0.158. The van der Waals surface area contributed by atoms with E-state index in [9.17, 15) is 15.0 Å². The molecule has 1 saturated carbocycles. The van der Waals surface area contributed by atoms with E-state index < -0.39 is 5.97 Å². The summed E-state index contributed by atoms with van der Waals surface area (Å²) < 4.78 is 8.55. The lowest BCUT2D eigenvalue weighted by Crippen LogP contribution is -2.14. The van der Waals surface area contributed by atoms with Gasteiger partial charge < -0.3 is 19.5 Å². The highest BCUT2D eigenvalue weighted by Gasteiger charge is 2.23. The maximum Gasteiger partial charge on any atom is 0.335 e. The maximum absolute atomic E-state index is 11.7. The topological polar surface area (TPSA) is 139 Å². The summed E-state index contributed by atoms with van der Waals surface area (Å²) >= 11 is 0.